The second-order valence-corrected chi connectivity index (χ2v) is 8.94. The zero-order valence-corrected chi connectivity index (χ0v) is 17.7. The average Bonchev–Trinajstić information content (AvgIpc) is 2.71. The highest BCUT2D eigenvalue weighted by Gasteiger charge is 2.69. The van der Waals surface area contributed by atoms with Crippen molar-refractivity contribution in [2.24, 2.45) is 0 Å². The second-order valence-electron chi connectivity index (χ2n) is 8.53. The van der Waals surface area contributed by atoms with Gasteiger partial charge in [-0.05, 0) is 74.2 Å². The van der Waals surface area contributed by atoms with Gasteiger partial charge in [0.15, 0.2) is 6.61 Å². The highest BCUT2D eigenvalue weighted by atomic mass is 35.5. The van der Waals surface area contributed by atoms with Gasteiger partial charge in [-0.25, -0.2) is 4.98 Å². The highest BCUT2D eigenvalue weighted by Crippen LogP contribution is 2.60. The molecule has 3 saturated carbocycles. The lowest BCUT2D eigenvalue weighted by atomic mass is 9.44. The summed E-state index contributed by atoms with van der Waals surface area (Å²) in [7, 11) is 0. The van der Waals surface area contributed by atoms with Crippen LogP contribution in [0.1, 0.15) is 35.3 Å². The third kappa shape index (κ3) is 3.70. The lowest BCUT2D eigenvalue weighted by molar-refractivity contribution is -0.141. The van der Waals surface area contributed by atoms with Gasteiger partial charge in [-0.15, -0.1) is 0 Å². The zero-order chi connectivity index (χ0) is 21.6. The number of amides is 2. The van der Waals surface area contributed by atoms with Crippen LogP contribution in [-0.2, 0) is 4.79 Å². The van der Waals surface area contributed by atoms with Crippen LogP contribution in [0, 0.1) is 6.92 Å². The molecule has 0 spiro atoms. The fourth-order valence-corrected chi connectivity index (χ4v) is 4.75. The van der Waals surface area contributed by atoms with Crippen LogP contribution in [-0.4, -0.2) is 39.5 Å². The van der Waals surface area contributed by atoms with Crippen LogP contribution in [0.25, 0.3) is 11.0 Å². The van der Waals surface area contributed by atoms with Gasteiger partial charge in [0.25, 0.3) is 11.8 Å². The molecule has 6 rings (SSSR count). The average molecular weight is 437 g/mol. The van der Waals surface area contributed by atoms with E-state index < -0.39 is 0 Å². The molecule has 2 bridgehead atoms. The first-order valence-electron chi connectivity index (χ1n) is 10.1. The maximum absolute atomic E-state index is 12.6. The molecule has 0 unspecified atom stereocenters. The van der Waals surface area contributed by atoms with Gasteiger partial charge in [0, 0.05) is 22.3 Å². The molecule has 0 atom stereocenters. The van der Waals surface area contributed by atoms with Gasteiger partial charge in [-0.3, -0.25) is 14.6 Å². The maximum Gasteiger partial charge on any atom is 0.270 e. The Labute approximate surface area is 184 Å². The zero-order valence-electron chi connectivity index (χ0n) is 16.9. The molecule has 2 N–H and O–H groups in total. The summed E-state index contributed by atoms with van der Waals surface area (Å²) < 4.78 is 5.56. The maximum atomic E-state index is 12.6. The summed E-state index contributed by atoms with van der Waals surface area (Å²) in [6.45, 7) is 1.83. The number of carbonyl (C=O) groups excluding carboxylic acids is 2. The van der Waals surface area contributed by atoms with E-state index in [0.717, 1.165) is 11.1 Å². The van der Waals surface area contributed by atoms with Crippen molar-refractivity contribution >= 4 is 34.4 Å². The first-order valence-corrected chi connectivity index (χ1v) is 10.5. The molecule has 3 aliphatic carbocycles. The van der Waals surface area contributed by atoms with Crippen molar-refractivity contribution in [3.63, 3.8) is 0 Å². The lowest BCUT2D eigenvalue weighted by Gasteiger charge is -2.70. The van der Waals surface area contributed by atoms with Gasteiger partial charge in [0.2, 0.25) is 0 Å². The summed E-state index contributed by atoms with van der Waals surface area (Å²) in [5.74, 6) is 0.235. The Hall–Kier alpha value is -3.19. The number of nitrogens with zero attached hydrogens (tertiary/aromatic N) is 2. The molecule has 3 aliphatic rings. The Kier molecular flexibility index (Phi) is 4.59. The number of hydrogen-bond acceptors (Lipinski definition) is 5. The SMILES string of the molecule is Cc1cc(OCC(=O)NC23CC(NC(=O)c4ccc5ncccc5n4)(C2)C3)ccc1Cl. The van der Waals surface area contributed by atoms with Crippen LogP contribution in [0.15, 0.2) is 48.7 Å². The van der Waals surface area contributed by atoms with Crippen molar-refractivity contribution in [2.45, 2.75) is 37.3 Å². The highest BCUT2D eigenvalue weighted by molar-refractivity contribution is 6.31. The Morgan fingerprint density at radius 1 is 1.06 bits per heavy atom. The number of fused-ring (bicyclic) bond motifs is 1. The summed E-state index contributed by atoms with van der Waals surface area (Å²) in [6, 6.07) is 12.4. The number of hydrogen-bond donors (Lipinski definition) is 2. The fraction of sp³-hybridized carbons (Fsp3) is 0.304. The molecule has 1 aromatic carbocycles. The monoisotopic (exact) mass is 436 g/mol. The predicted molar refractivity (Wildman–Crippen MR) is 116 cm³/mol. The van der Waals surface area contributed by atoms with Gasteiger partial charge >= 0.3 is 0 Å². The molecule has 7 nitrogen and oxygen atoms in total. The number of nitrogens with one attached hydrogen (secondary N) is 2. The standard InChI is InChI=1S/C23H21ClN4O3/c1-14-9-15(4-5-16(14)24)31-10-20(29)27-22-11-23(12-22,13-22)28-21(30)19-7-6-17-18(26-19)3-2-8-25-17/h2-9H,10-13H2,1H3,(H,27,29)(H,28,30). The minimum Gasteiger partial charge on any atom is -0.484 e. The van der Waals surface area contributed by atoms with E-state index in [1.165, 1.54) is 0 Å². The third-order valence-electron chi connectivity index (χ3n) is 6.00. The summed E-state index contributed by atoms with van der Waals surface area (Å²) >= 11 is 6.00. The predicted octanol–water partition coefficient (Wildman–Crippen LogP) is 3.19. The molecule has 0 aliphatic heterocycles. The fourth-order valence-electron chi connectivity index (χ4n) is 4.63. The molecule has 3 fully saturated rings. The van der Waals surface area contributed by atoms with Crippen molar-refractivity contribution in [1.82, 2.24) is 20.6 Å². The van der Waals surface area contributed by atoms with Gasteiger partial charge < -0.3 is 15.4 Å². The normalized spacial score (nSPS) is 23.4. The van der Waals surface area contributed by atoms with Crippen LogP contribution in [0.5, 0.6) is 5.75 Å². The van der Waals surface area contributed by atoms with Crippen LogP contribution >= 0.6 is 11.6 Å². The number of benzene rings is 1. The molecule has 0 saturated heterocycles. The van der Waals surface area contributed by atoms with E-state index >= 15 is 0 Å². The Bertz CT molecular complexity index is 1190. The van der Waals surface area contributed by atoms with Crippen molar-refractivity contribution in [2.75, 3.05) is 6.61 Å². The molecular weight excluding hydrogens is 416 g/mol. The lowest BCUT2D eigenvalue weighted by Crippen LogP contribution is -2.84. The molecular formula is C23H21ClN4O3. The molecule has 31 heavy (non-hydrogen) atoms. The summed E-state index contributed by atoms with van der Waals surface area (Å²) in [4.78, 5) is 33.6. The van der Waals surface area contributed by atoms with E-state index in [4.69, 9.17) is 16.3 Å². The van der Waals surface area contributed by atoms with Crippen LogP contribution < -0.4 is 15.4 Å². The number of aryl methyl sites for hydroxylation is 1. The van der Waals surface area contributed by atoms with Gasteiger partial charge in [-0.2, -0.15) is 0 Å². The van der Waals surface area contributed by atoms with Crippen molar-refractivity contribution < 1.29 is 14.3 Å². The smallest absolute Gasteiger partial charge is 0.270 e. The first kappa shape index (κ1) is 19.8. The number of aromatic nitrogens is 2. The molecule has 158 valence electrons. The molecule has 8 heteroatoms. The van der Waals surface area contributed by atoms with Crippen molar-refractivity contribution in [3.05, 3.63) is 64.9 Å². The Morgan fingerprint density at radius 2 is 1.84 bits per heavy atom. The van der Waals surface area contributed by atoms with E-state index in [9.17, 15) is 9.59 Å². The number of carbonyl (C=O) groups is 2. The van der Waals surface area contributed by atoms with Crippen LogP contribution in [0.4, 0.5) is 0 Å². The third-order valence-corrected chi connectivity index (χ3v) is 6.43. The largest absolute Gasteiger partial charge is 0.484 e. The van der Waals surface area contributed by atoms with E-state index in [0.29, 0.717) is 41.2 Å². The van der Waals surface area contributed by atoms with E-state index in [-0.39, 0.29) is 29.5 Å². The first-order chi connectivity index (χ1) is 14.9. The minimum atomic E-state index is -0.260. The second kappa shape index (κ2) is 7.20. The quantitative estimate of drug-likeness (QED) is 0.619. The van der Waals surface area contributed by atoms with Crippen molar-refractivity contribution in [1.29, 1.82) is 0 Å². The molecule has 2 amide bonds. The topological polar surface area (TPSA) is 93.2 Å². The van der Waals surface area contributed by atoms with E-state index in [1.54, 1.807) is 42.6 Å². The summed E-state index contributed by atoms with van der Waals surface area (Å²) in [5.41, 5.74) is 2.20. The van der Waals surface area contributed by atoms with Crippen LogP contribution in [0.3, 0.4) is 0 Å². The van der Waals surface area contributed by atoms with Gasteiger partial charge in [-0.1, -0.05) is 11.6 Å². The molecule has 2 heterocycles. The number of rotatable bonds is 6. The van der Waals surface area contributed by atoms with Gasteiger partial charge in [0.05, 0.1) is 11.0 Å². The summed E-state index contributed by atoms with van der Waals surface area (Å²) in [6.07, 6.45) is 3.84. The molecule has 3 aromatic rings. The van der Waals surface area contributed by atoms with E-state index in [1.807, 2.05) is 13.0 Å². The van der Waals surface area contributed by atoms with Crippen LogP contribution in [0.2, 0.25) is 5.02 Å². The number of ether oxygens (including phenoxy) is 1. The Morgan fingerprint density at radius 3 is 2.61 bits per heavy atom. The summed E-state index contributed by atoms with van der Waals surface area (Å²) in [5, 5.41) is 6.80. The van der Waals surface area contributed by atoms with E-state index in [2.05, 4.69) is 20.6 Å². The number of halogens is 1. The molecule has 0 radical (unpaired) electrons. The van der Waals surface area contributed by atoms with Crippen molar-refractivity contribution in [3.8, 4) is 5.75 Å². The van der Waals surface area contributed by atoms with Gasteiger partial charge in [0.1, 0.15) is 11.4 Å². The number of pyridine rings is 2. The minimum absolute atomic E-state index is 0.0583. The Balaban J connectivity index is 1.12. The molecule has 2 aromatic heterocycles.